The quantitative estimate of drug-likeness (QED) is 0.555. The van der Waals surface area contributed by atoms with Crippen LogP contribution in [-0.4, -0.2) is 51.5 Å². The fourth-order valence-corrected chi connectivity index (χ4v) is 1.52. The standard InChI is InChI=1S/C14H23N2O/c1-5-16(3,4)11-10-15(2)14-8-6-13(12-17)7-9-14/h6-9,12H,5,10-11H2,1-4H3/q+1. The van der Waals surface area contributed by atoms with Crippen LogP contribution in [0.15, 0.2) is 24.3 Å². The first-order valence-corrected chi connectivity index (χ1v) is 6.07. The average Bonchev–Trinajstić information content (AvgIpc) is 2.36. The zero-order chi connectivity index (χ0) is 12.9. The first kappa shape index (κ1) is 13.7. The van der Waals surface area contributed by atoms with E-state index in [-0.39, 0.29) is 0 Å². The lowest BCUT2D eigenvalue weighted by atomic mass is 10.2. The summed E-state index contributed by atoms with van der Waals surface area (Å²) in [6.07, 6.45) is 0.876. The molecule has 0 aromatic heterocycles. The summed E-state index contributed by atoms with van der Waals surface area (Å²) in [5.74, 6) is 0. The van der Waals surface area contributed by atoms with Gasteiger partial charge in [-0.2, -0.15) is 0 Å². The predicted octanol–water partition coefficient (Wildman–Crippen LogP) is 2.03. The Hall–Kier alpha value is -1.35. The molecule has 0 aliphatic heterocycles. The van der Waals surface area contributed by atoms with Crippen LogP contribution in [0.5, 0.6) is 0 Å². The minimum absolute atomic E-state index is 0.729. The zero-order valence-corrected chi connectivity index (χ0v) is 11.3. The van der Waals surface area contributed by atoms with Crippen LogP contribution in [0.4, 0.5) is 5.69 Å². The van der Waals surface area contributed by atoms with Crippen molar-refractivity contribution in [3.8, 4) is 0 Å². The van der Waals surface area contributed by atoms with Crippen LogP contribution < -0.4 is 4.90 Å². The zero-order valence-electron chi connectivity index (χ0n) is 11.3. The van der Waals surface area contributed by atoms with Gasteiger partial charge in [0.1, 0.15) is 6.29 Å². The molecule has 0 unspecified atom stereocenters. The molecule has 0 atom stereocenters. The third kappa shape index (κ3) is 4.19. The number of hydrogen-bond donors (Lipinski definition) is 0. The van der Waals surface area contributed by atoms with Gasteiger partial charge in [-0.15, -0.1) is 0 Å². The molecule has 3 nitrogen and oxygen atoms in total. The Morgan fingerprint density at radius 1 is 1.24 bits per heavy atom. The predicted molar refractivity (Wildman–Crippen MR) is 72.6 cm³/mol. The highest BCUT2D eigenvalue weighted by Crippen LogP contribution is 2.13. The molecule has 0 bridgehead atoms. The molecular weight excluding hydrogens is 212 g/mol. The molecule has 3 heteroatoms. The molecular formula is C14H23N2O+. The molecule has 0 radical (unpaired) electrons. The molecule has 0 aliphatic rings. The average molecular weight is 235 g/mol. The van der Waals surface area contributed by atoms with Crippen LogP contribution in [0.3, 0.4) is 0 Å². The van der Waals surface area contributed by atoms with Crippen molar-refractivity contribution in [2.75, 3.05) is 45.7 Å². The Labute approximate surface area is 104 Å². The molecule has 0 aliphatic carbocycles. The normalized spacial score (nSPS) is 11.3. The molecule has 1 aromatic rings. The third-order valence-corrected chi connectivity index (χ3v) is 3.37. The number of benzene rings is 1. The van der Waals surface area contributed by atoms with Crippen molar-refractivity contribution in [3.05, 3.63) is 29.8 Å². The summed E-state index contributed by atoms with van der Waals surface area (Å²) < 4.78 is 1.02. The van der Waals surface area contributed by atoms with Crippen LogP contribution in [-0.2, 0) is 0 Å². The minimum atomic E-state index is 0.729. The SMILES string of the molecule is CC[N+](C)(C)CCN(C)c1ccc(C=O)cc1. The van der Waals surface area contributed by atoms with E-state index >= 15 is 0 Å². The largest absolute Gasteiger partial charge is 0.369 e. The summed E-state index contributed by atoms with van der Waals surface area (Å²) >= 11 is 0. The maximum Gasteiger partial charge on any atom is 0.150 e. The van der Waals surface area contributed by atoms with Crippen molar-refractivity contribution in [3.63, 3.8) is 0 Å². The highest BCUT2D eigenvalue weighted by Gasteiger charge is 2.12. The van der Waals surface area contributed by atoms with Crippen LogP contribution in [0.2, 0.25) is 0 Å². The fraction of sp³-hybridized carbons (Fsp3) is 0.500. The Bertz CT molecular complexity index is 357. The third-order valence-electron chi connectivity index (χ3n) is 3.37. The lowest BCUT2D eigenvalue weighted by molar-refractivity contribution is -0.887. The maximum atomic E-state index is 10.6. The highest BCUT2D eigenvalue weighted by atomic mass is 16.1. The fourth-order valence-electron chi connectivity index (χ4n) is 1.52. The van der Waals surface area contributed by atoms with Gasteiger partial charge in [0.2, 0.25) is 0 Å². The summed E-state index contributed by atoms with van der Waals surface area (Å²) in [6.45, 7) is 5.47. The molecule has 17 heavy (non-hydrogen) atoms. The highest BCUT2D eigenvalue weighted by molar-refractivity contribution is 5.75. The number of quaternary nitrogens is 1. The van der Waals surface area contributed by atoms with E-state index in [0.29, 0.717) is 0 Å². The number of nitrogens with zero attached hydrogens (tertiary/aromatic N) is 2. The van der Waals surface area contributed by atoms with Crippen LogP contribution in [0.25, 0.3) is 0 Å². The van der Waals surface area contributed by atoms with Crippen molar-refractivity contribution >= 4 is 12.0 Å². The van der Waals surface area contributed by atoms with Gasteiger partial charge in [0.15, 0.2) is 0 Å². The van der Waals surface area contributed by atoms with Crippen molar-refractivity contribution < 1.29 is 9.28 Å². The summed E-state index contributed by atoms with van der Waals surface area (Å²) in [6, 6.07) is 7.71. The molecule has 0 heterocycles. The van der Waals surface area contributed by atoms with Gasteiger partial charge in [0, 0.05) is 18.3 Å². The molecule has 0 saturated heterocycles. The molecule has 1 rings (SSSR count). The Morgan fingerprint density at radius 2 is 1.82 bits per heavy atom. The van der Waals surface area contributed by atoms with Gasteiger partial charge in [0.25, 0.3) is 0 Å². The maximum absolute atomic E-state index is 10.6. The van der Waals surface area contributed by atoms with Crippen LogP contribution >= 0.6 is 0 Å². The molecule has 0 spiro atoms. The Balaban J connectivity index is 2.57. The first-order chi connectivity index (χ1) is 7.98. The summed E-state index contributed by atoms with van der Waals surface area (Å²) in [7, 11) is 6.57. The monoisotopic (exact) mass is 235 g/mol. The second-order valence-electron chi connectivity index (χ2n) is 5.11. The lowest BCUT2D eigenvalue weighted by Gasteiger charge is -2.31. The van der Waals surface area contributed by atoms with Gasteiger partial charge in [-0.1, -0.05) is 0 Å². The number of carbonyl (C=O) groups excluding carboxylic acids is 1. The van der Waals surface area contributed by atoms with Crippen molar-refractivity contribution in [1.82, 2.24) is 0 Å². The van der Waals surface area contributed by atoms with Gasteiger partial charge >= 0.3 is 0 Å². The van der Waals surface area contributed by atoms with Crippen LogP contribution in [0.1, 0.15) is 17.3 Å². The van der Waals surface area contributed by atoms with Gasteiger partial charge < -0.3 is 9.38 Å². The van der Waals surface area contributed by atoms with E-state index in [4.69, 9.17) is 0 Å². The van der Waals surface area contributed by atoms with E-state index < -0.39 is 0 Å². The lowest BCUT2D eigenvalue weighted by Crippen LogP contribution is -2.44. The molecule has 0 fully saturated rings. The van der Waals surface area contributed by atoms with E-state index in [1.54, 1.807) is 0 Å². The number of carbonyl (C=O) groups is 1. The first-order valence-electron chi connectivity index (χ1n) is 6.07. The minimum Gasteiger partial charge on any atom is -0.369 e. The number of anilines is 1. The molecule has 94 valence electrons. The number of likely N-dealkylation sites (N-methyl/N-ethyl adjacent to an activating group) is 2. The Kier molecular flexibility index (Phi) is 4.70. The van der Waals surface area contributed by atoms with Gasteiger partial charge in [0.05, 0.1) is 33.7 Å². The second-order valence-corrected chi connectivity index (χ2v) is 5.11. The summed E-state index contributed by atoms with van der Waals surface area (Å²) in [5, 5.41) is 0. The number of aldehydes is 1. The number of rotatable bonds is 6. The molecule has 0 saturated carbocycles. The van der Waals surface area contributed by atoms with Crippen molar-refractivity contribution in [2.45, 2.75) is 6.92 Å². The van der Waals surface area contributed by atoms with Crippen molar-refractivity contribution in [2.24, 2.45) is 0 Å². The van der Waals surface area contributed by atoms with Crippen molar-refractivity contribution in [1.29, 1.82) is 0 Å². The smallest absolute Gasteiger partial charge is 0.150 e. The van der Waals surface area contributed by atoms with Gasteiger partial charge in [-0.05, 0) is 31.2 Å². The summed E-state index contributed by atoms with van der Waals surface area (Å²) in [5.41, 5.74) is 1.89. The molecule has 0 amide bonds. The van der Waals surface area contributed by atoms with E-state index in [0.717, 1.165) is 41.7 Å². The van der Waals surface area contributed by atoms with E-state index in [1.165, 1.54) is 0 Å². The topological polar surface area (TPSA) is 20.3 Å². The van der Waals surface area contributed by atoms with E-state index in [2.05, 4.69) is 33.0 Å². The second kappa shape index (κ2) is 5.82. The molecule has 1 aromatic carbocycles. The van der Waals surface area contributed by atoms with Gasteiger partial charge in [-0.3, -0.25) is 4.79 Å². The van der Waals surface area contributed by atoms with E-state index in [9.17, 15) is 4.79 Å². The van der Waals surface area contributed by atoms with Gasteiger partial charge in [-0.25, -0.2) is 0 Å². The molecule has 0 N–H and O–H groups in total. The summed E-state index contributed by atoms with van der Waals surface area (Å²) in [4.78, 5) is 12.8. The van der Waals surface area contributed by atoms with E-state index in [1.807, 2.05) is 24.3 Å². The number of hydrogen-bond acceptors (Lipinski definition) is 2. The van der Waals surface area contributed by atoms with Crippen LogP contribution in [0, 0.1) is 0 Å². The Morgan fingerprint density at radius 3 is 2.29 bits per heavy atom.